The predicted octanol–water partition coefficient (Wildman–Crippen LogP) is 4.66. The van der Waals surface area contributed by atoms with E-state index >= 15 is 0 Å². The van der Waals surface area contributed by atoms with Gasteiger partial charge in [-0.25, -0.2) is 0 Å². The first-order valence-electron chi connectivity index (χ1n) is 11.9. The molecule has 6 nitrogen and oxygen atoms in total. The highest BCUT2D eigenvalue weighted by molar-refractivity contribution is 5.98. The molecule has 0 spiro atoms. The maximum atomic E-state index is 13.3. The first-order valence-corrected chi connectivity index (χ1v) is 11.9. The molecular formula is C26H34N4O2. The van der Waals surface area contributed by atoms with Crippen molar-refractivity contribution in [2.24, 2.45) is 11.7 Å². The molecule has 2 fully saturated rings. The summed E-state index contributed by atoms with van der Waals surface area (Å²) < 4.78 is 0. The van der Waals surface area contributed by atoms with Gasteiger partial charge in [-0.1, -0.05) is 31.4 Å². The van der Waals surface area contributed by atoms with Crippen molar-refractivity contribution in [1.29, 1.82) is 0 Å². The minimum absolute atomic E-state index is 0.0168. The SMILES string of the molecule is NCc1cccc(NC(C(=O)Nc2ccc(N3CCCCC3=O)cc2)C2CCCCC2)c1. The van der Waals surface area contributed by atoms with Crippen LogP contribution in [-0.4, -0.2) is 24.4 Å². The molecule has 4 rings (SSSR count). The van der Waals surface area contributed by atoms with Crippen LogP contribution in [0.4, 0.5) is 17.1 Å². The molecule has 170 valence electrons. The van der Waals surface area contributed by atoms with E-state index in [9.17, 15) is 9.59 Å². The molecule has 1 aliphatic carbocycles. The third-order valence-electron chi connectivity index (χ3n) is 6.66. The number of benzene rings is 2. The van der Waals surface area contributed by atoms with Gasteiger partial charge >= 0.3 is 0 Å². The van der Waals surface area contributed by atoms with E-state index in [1.54, 1.807) is 0 Å². The zero-order chi connectivity index (χ0) is 22.3. The normalized spacial score (nSPS) is 18.3. The average molecular weight is 435 g/mol. The van der Waals surface area contributed by atoms with E-state index in [0.29, 0.717) is 18.9 Å². The number of piperidine rings is 1. The number of rotatable bonds is 7. The molecule has 1 aliphatic heterocycles. The Kier molecular flexibility index (Phi) is 7.43. The number of nitrogens with two attached hydrogens (primary N) is 1. The monoisotopic (exact) mass is 434 g/mol. The van der Waals surface area contributed by atoms with E-state index in [2.05, 4.69) is 10.6 Å². The second-order valence-corrected chi connectivity index (χ2v) is 8.96. The van der Waals surface area contributed by atoms with E-state index in [4.69, 9.17) is 5.73 Å². The van der Waals surface area contributed by atoms with E-state index in [0.717, 1.165) is 67.7 Å². The van der Waals surface area contributed by atoms with Crippen molar-refractivity contribution in [2.45, 2.75) is 64.0 Å². The zero-order valence-electron chi connectivity index (χ0n) is 18.7. The molecule has 32 heavy (non-hydrogen) atoms. The molecule has 1 unspecified atom stereocenters. The summed E-state index contributed by atoms with van der Waals surface area (Å²) in [5, 5.41) is 6.59. The van der Waals surface area contributed by atoms with Crippen molar-refractivity contribution >= 4 is 28.9 Å². The maximum absolute atomic E-state index is 13.3. The summed E-state index contributed by atoms with van der Waals surface area (Å²) in [7, 11) is 0. The van der Waals surface area contributed by atoms with Crippen LogP contribution in [0.5, 0.6) is 0 Å². The average Bonchev–Trinajstić information content (AvgIpc) is 2.84. The van der Waals surface area contributed by atoms with Crippen molar-refractivity contribution in [3.63, 3.8) is 0 Å². The standard InChI is InChI=1S/C26H34N4O2/c27-18-19-7-6-10-22(17-19)28-25(20-8-2-1-3-9-20)26(32)29-21-12-14-23(15-13-21)30-16-5-4-11-24(30)31/h6-7,10,12-15,17,20,25,28H,1-5,8-9,11,16,18,27H2,(H,29,32). The lowest BCUT2D eigenvalue weighted by Gasteiger charge is -2.31. The lowest BCUT2D eigenvalue weighted by molar-refractivity contribution is -0.119. The first-order chi connectivity index (χ1) is 15.6. The van der Waals surface area contributed by atoms with Gasteiger partial charge in [0.2, 0.25) is 11.8 Å². The molecular weight excluding hydrogens is 400 g/mol. The molecule has 1 saturated heterocycles. The van der Waals surface area contributed by atoms with Gasteiger partial charge < -0.3 is 21.3 Å². The molecule has 1 saturated carbocycles. The van der Waals surface area contributed by atoms with Gasteiger partial charge in [0.25, 0.3) is 0 Å². The third-order valence-corrected chi connectivity index (χ3v) is 6.66. The Morgan fingerprint density at radius 3 is 2.50 bits per heavy atom. The topological polar surface area (TPSA) is 87.5 Å². The van der Waals surface area contributed by atoms with Crippen molar-refractivity contribution in [3.8, 4) is 0 Å². The number of carbonyl (C=O) groups is 2. The molecule has 0 aromatic heterocycles. The van der Waals surface area contributed by atoms with Gasteiger partial charge in [-0.15, -0.1) is 0 Å². The molecule has 2 aromatic carbocycles. The number of carbonyl (C=O) groups excluding carboxylic acids is 2. The largest absolute Gasteiger partial charge is 0.373 e. The van der Waals surface area contributed by atoms with Crippen LogP contribution in [0.2, 0.25) is 0 Å². The van der Waals surface area contributed by atoms with Gasteiger partial charge in [0.05, 0.1) is 0 Å². The predicted molar refractivity (Wildman–Crippen MR) is 130 cm³/mol. The fourth-order valence-corrected chi connectivity index (χ4v) is 4.86. The number of nitrogens with zero attached hydrogens (tertiary/aromatic N) is 1. The highest BCUT2D eigenvalue weighted by atomic mass is 16.2. The second-order valence-electron chi connectivity index (χ2n) is 8.96. The number of nitrogens with one attached hydrogen (secondary N) is 2. The Hall–Kier alpha value is -2.86. The van der Waals surface area contributed by atoms with Crippen LogP contribution in [0.3, 0.4) is 0 Å². The Bertz CT molecular complexity index is 922. The Morgan fingerprint density at radius 1 is 1.00 bits per heavy atom. The molecule has 2 amide bonds. The molecule has 1 atom stereocenters. The second kappa shape index (κ2) is 10.6. The van der Waals surface area contributed by atoms with Gasteiger partial charge in [0.1, 0.15) is 6.04 Å². The minimum Gasteiger partial charge on any atom is -0.373 e. The van der Waals surface area contributed by atoms with Crippen LogP contribution in [0.15, 0.2) is 48.5 Å². The van der Waals surface area contributed by atoms with Crippen LogP contribution in [-0.2, 0) is 16.1 Å². The summed E-state index contributed by atoms with van der Waals surface area (Å²) in [5.74, 6) is 0.460. The minimum atomic E-state index is -0.299. The van der Waals surface area contributed by atoms with Gasteiger partial charge in [0.15, 0.2) is 0 Å². The van der Waals surface area contributed by atoms with Gasteiger partial charge in [-0.2, -0.15) is 0 Å². The summed E-state index contributed by atoms with van der Waals surface area (Å²) in [6, 6.07) is 15.3. The van der Waals surface area contributed by atoms with Crippen LogP contribution < -0.4 is 21.3 Å². The number of hydrogen-bond acceptors (Lipinski definition) is 4. The fourth-order valence-electron chi connectivity index (χ4n) is 4.86. The summed E-state index contributed by atoms with van der Waals surface area (Å²) in [6.45, 7) is 1.24. The van der Waals surface area contributed by atoms with Crippen molar-refractivity contribution in [3.05, 3.63) is 54.1 Å². The Balaban J connectivity index is 1.47. The molecule has 0 radical (unpaired) electrons. The van der Waals surface area contributed by atoms with Crippen molar-refractivity contribution in [2.75, 3.05) is 22.1 Å². The van der Waals surface area contributed by atoms with Crippen LogP contribution in [0, 0.1) is 5.92 Å². The van der Waals surface area contributed by atoms with E-state index in [1.807, 2.05) is 53.4 Å². The summed E-state index contributed by atoms with van der Waals surface area (Å²) in [6.07, 6.45) is 8.28. The van der Waals surface area contributed by atoms with Crippen molar-refractivity contribution in [1.82, 2.24) is 0 Å². The summed E-state index contributed by atoms with van der Waals surface area (Å²) in [5.41, 5.74) is 9.42. The molecule has 6 heteroatoms. The Morgan fingerprint density at radius 2 is 1.78 bits per heavy atom. The molecule has 1 heterocycles. The zero-order valence-corrected chi connectivity index (χ0v) is 18.7. The molecule has 0 bridgehead atoms. The quantitative estimate of drug-likeness (QED) is 0.591. The fraction of sp³-hybridized carbons (Fsp3) is 0.462. The lowest BCUT2D eigenvalue weighted by atomic mass is 9.83. The van der Waals surface area contributed by atoms with Crippen LogP contribution in [0.1, 0.15) is 56.9 Å². The molecule has 4 N–H and O–H groups in total. The van der Waals surface area contributed by atoms with Gasteiger partial charge in [-0.3, -0.25) is 9.59 Å². The summed E-state index contributed by atoms with van der Waals surface area (Å²) in [4.78, 5) is 27.4. The molecule has 2 aromatic rings. The highest BCUT2D eigenvalue weighted by Crippen LogP contribution is 2.30. The summed E-state index contributed by atoms with van der Waals surface area (Å²) >= 11 is 0. The van der Waals surface area contributed by atoms with E-state index in [-0.39, 0.29) is 17.9 Å². The first kappa shape index (κ1) is 22.3. The van der Waals surface area contributed by atoms with Crippen LogP contribution in [0.25, 0.3) is 0 Å². The number of hydrogen-bond donors (Lipinski definition) is 3. The number of amides is 2. The number of anilines is 3. The van der Waals surface area contributed by atoms with E-state index in [1.165, 1.54) is 6.42 Å². The highest BCUT2D eigenvalue weighted by Gasteiger charge is 2.30. The molecule has 2 aliphatic rings. The van der Waals surface area contributed by atoms with Crippen molar-refractivity contribution < 1.29 is 9.59 Å². The smallest absolute Gasteiger partial charge is 0.247 e. The lowest BCUT2D eigenvalue weighted by Crippen LogP contribution is -2.41. The van der Waals surface area contributed by atoms with Crippen LogP contribution >= 0.6 is 0 Å². The third kappa shape index (κ3) is 5.49. The maximum Gasteiger partial charge on any atom is 0.247 e. The van der Waals surface area contributed by atoms with Gasteiger partial charge in [-0.05, 0) is 73.6 Å². The Labute approximate surface area is 190 Å². The van der Waals surface area contributed by atoms with Gasteiger partial charge in [0, 0.05) is 36.6 Å². The van der Waals surface area contributed by atoms with E-state index < -0.39 is 0 Å².